The second-order valence-electron chi connectivity index (χ2n) is 7.47. The molecule has 3 amide bonds. The van der Waals surface area contributed by atoms with Crippen molar-refractivity contribution in [2.24, 2.45) is 5.73 Å². The molecule has 0 spiro atoms. The third-order valence-corrected chi connectivity index (χ3v) is 5.57. The Hall–Kier alpha value is -2.62. The fourth-order valence-electron chi connectivity index (χ4n) is 2.30. The van der Waals surface area contributed by atoms with Crippen LogP contribution >= 0.6 is 0 Å². The van der Waals surface area contributed by atoms with Gasteiger partial charge in [0.15, 0.2) is 9.84 Å². The van der Waals surface area contributed by atoms with E-state index in [-0.39, 0.29) is 30.0 Å². The van der Waals surface area contributed by atoms with Gasteiger partial charge >= 0.3 is 6.09 Å². The number of primary amides is 1. The van der Waals surface area contributed by atoms with E-state index in [4.69, 9.17) is 10.5 Å². The van der Waals surface area contributed by atoms with E-state index in [2.05, 4.69) is 10.6 Å². The fraction of sp³-hybridized carbons (Fsp3) is 0.526. The zero-order chi connectivity index (χ0) is 22.2. The summed E-state index contributed by atoms with van der Waals surface area (Å²) in [5.41, 5.74) is 5.07. The molecule has 0 heterocycles. The summed E-state index contributed by atoms with van der Waals surface area (Å²) in [6.45, 7) is 6.75. The average Bonchev–Trinajstić information content (AvgIpc) is 2.61. The highest BCUT2D eigenvalue weighted by Gasteiger charge is 2.24. The summed E-state index contributed by atoms with van der Waals surface area (Å²) < 4.78 is 28.8. The molecular weight excluding hydrogens is 398 g/mol. The Morgan fingerprint density at radius 1 is 1.14 bits per heavy atom. The summed E-state index contributed by atoms with van der Waals surface area (Å²) in [7, 11) is -3.30. The van der Waals surface area contributed by atoms with Crippen LogP contribution in [0.15, 0.2) is 29.2 Å². The average molecular weight is 428 g/mol. The maximum Gasteiger partial charge on any atom is 0.408 e. The Bertz CT molecular complexity index is 828. The monoisotopic (exact) mass is 427 g/mol. The van der Waals surface area contributed by atoms with Crippen LogP contribution in [0.25, 0.3) is 0 Å². The van der Waals surface area contributed by atoms with Gasteiger partial charge in [0, 0.05) is 13.0 Å². The molecule has 0 aliphatic heterocycles. The molecule has 0 radical (unpaired) electrons. The van der Waals surface area contributed by atoms with Crippen molar-refractivity contribution >= 4 is 27.7 Å². The second kappa shape index (κ2) is 10.2. The van der Waals surface area contributed by atoms with Crippen LogP contribution in [-0.2, 0) is 30.7 Å². The van der Waals surface area contributed by atoms with Gasteiger partial charge in [-0.1, -0.05) is 19.1 Å². The number of sulfone groups is 1. The van der Waals surface area contributed by atoms with E-state index in [1.807, 2.05) is 0 Å². The van der Waals surface area contributed by atoms with Crippen molar-refractivity contribution in [1.29, 1.82) is 0 Å². The number of alkyl carbamates (subject to hydrolysis) is 1. The number of amides is 3. The van der Waals surface area contributed by atoms with Crippen LogP contribution in [0.3, 0.4) is 0 Å². The molecule has 29 heavy (non-hydrogen) atoms. The topological polar surface area (TPSA) is 145 Å². The number of hydrogen-bond acceptors (Lipinski definition) is 6. The minimum absolute atomic E-state index is 0.000953. The number of rotatable bonds is 9. The van der Waals surface area contributed by atoms with Gasteiger partial charge in [0.25, 0.3) is 0 Å². The predicted molar refractivity (Wildman–Crippen MR) is 108 cm³/mol. The Balaban J connectivity index is 2.76. The highest BCUT2D eigenvalue weighted by molar-refractivity contribution is 7.91. The van der Waals surface area contributed by atoms with Crippen LogP contribution in [0.1, 0.15) is 46.1 Å². The number of carbonyl (C=O) groups excluding carboxylic acids is 3. The zero-order valence-corrected chi connectivity index (χ0v) is 18.0. The number of hydrogen-bond donors (Lipinski definition) is 3. The van der Waals surface area contributed by atoms with Crippen molar-refractivity contribution in [3.8, 4) is 0 Å². The summed E-state index contributed by atoms with van der Waals surface area (Å²) >= 11 is 0. The Morgan fingerprint density at radius 2 is 1.72 bits per heavy atom. The normalized spacial score (nSPS) is 12.7. The van der Waals surface area contributed by atoms with E-state index in [0.717, 1.165) is 0 Å². The molecule has 1 atom stereocenters. The van der Waals surface area contributed by atoms with Crippen LogP contribution in [0.4, 0.5) is 4.79 Å². The SMILES string of the molecule is CCS(=O)(=O)c1ccc(CNC(=O)[C@H](CCC(N)=O)NC(=O)OC(C)(C)C)cc1. The van der Waals surface area contributed by atoms with Gasteiger partial charge in [-0.2, -0.15) is 0 Å². The zero-order valence-electron chi connectivity index (χ0n) is 17.2. The summed E-state index contributed by atoms with van der Waals surface area (Å²) in [6.07, 6.45) is -0.845. The van der Waals surface area contributed by atoms with E-state index < -0.39 is 39.4 Å². The highest BCUT2D eigenvalue weighted by atomic mass is 32.2. The minimum Gasteiger partial charge on any atom is -0.444 e. The van der Waals surface area contributed by atoms with Crippen molar-refractivity contribution in [1.82, 2.24) is 10.6 Å². The molecule has 0 saturated heterocycles. The lowest BCUT2D eigenvalue weighted by Crippen LogP contribution is -2.48. The largest absolute Gasteiger partial charge is 0.444 e. The molecule has 0 saturated carbocycles. The molecular formula is C19H29N3O6S. The Morgan fingerprint density at radius 3 is 2.21 bits per heavy atom. The van der Waals surface area contributed by atoms with E-state index >= 15 is 0 Å². The van der Waals surface area contributed by atoms with Gasteiger partial charge in [0.1, 0.15) is 11.6 Å². The van der Waals surface area contributed by atoms with Gasteiger partial charge in [0.2, 0.25) is 11.8 Å². The van der Waals surface area contributed by atoms with E-state index in [1.54, 1.807) is 39.8 Å². The van der Waals surface area contributed by atoms with Gasteiger partial charge in [-0.05, 0) is 44.9 Å². The number of nitrogens with one attached hydrogen (secondary N) is 2. The van der Waals surface area contributed by atoms with Gasteiger partial charge in [-0.3, -0.25) is 9.59 Å². The van der Waals surface area contributed by atoms with Crippen molar-refractivity contribution in [3.63, 3.8) is 0 Å². The summed E-state index contributed by atoms with van der Waals surface area (Å²) in [6, 6.07) is 5.15. The quantitative estimate of drug-likeness (QED) is 0.541. The maximum absolute atomic E-state index is 12.5. The van der Waals surface area contributed by atoms with Gasteiger partial charge in [-0.15, -0.1) is 0 Å². The first kappa shape index (κ1) is 24.4. The first-order valence-electron chi connectivity index (χ1n) is 9.21. The number of carbonyl (C=O) groups is 3. The predicted octanol–water partition coefficient (Wildman–Crippen LogP) is 1.26. The van der Waals surface area contributed by atoms with E-state index in [1.165, 1.54) is 12.1 Å². The van der Waals surface area contributed by atoms with Crippen molar-refractivity contribution in [2.75, 3.05) is 5.75 Å². The lowest BCUT2D eigenvalue weighted by molar-refractivity contribution is -0.124. The van der Waals surface area contributed by atoms with Crippen molar-refractivity contribution < 1.29 is 27.5 Å². The molecule has 4 N–H and O–H groups in total. The molecule has 10 heteroatoms. The molecule has 0 aromatic heterocycles. The van der Waals surface area contributed by atoms with Crippen molar-refractivity contribution in [3.05, 3.63) is 29.8 Å². The Kier molecular flexibility index (Phi) is 8.62. The minimum atomic E-state index is -3.30. The molecule has 0 aliphatic rings. The first-order chi connectivity index (χ1) is 13.3. The smallest absolute Gasteiger partial charge is 0.408 e. The van der Waals surface area contributed by atoms with Gasteiger partial charge < -0.3 is 21.1 Å². The van der Waals surface area contributed by atoms with E-state index in [0.29, 0.717) is 5.56 Å². The van der Waals surface area contributed by atoms with Crippen LogP contribution in [0.2, 0.25) is 0 Å². The standard InChI is InChI=1S/C19H29N3O6S/c1-5-29(26,27)14-8-6-13(7-9-14)12-21-17(24)15(10-11-16(20)23)22-18(25)28-19(2,3)4/h6-9,15H,5,10-12H2,1-4H3,(H2,20,23)(H,21,24)(H,22,25)/t15-/m0/s1. The van der Waals surface area contributed by atoms with Gasteiger partial charge in [0.05, 0.1) is 10.6 Å². The van der Waals surface area contributed by atoms with Crippen molar-refractivity contribution in [2.45, 2.75) is 63.6 Å². The summed E-state index contributed by atoms with van der Waals surface area (Å²) in [5, 5.41) is 5.09. The molecule has 1 aromatic carbocycles. The van der Waals surface area contributed by atoms with Crippen LogP contribution < -0.4 is 16.4 Å². The fourth-order valence-corrected chi connectivity index (χ4v) is 3.18. The molecule has 0 unspecified atom stereocenters. The molecule has 9 nitrogen and oxygen atoms in total. The Labute approximate surface area is 171 Å². The van der Waals surface area contributed by atoms with Gasteiger partial charge in [-0.25, -0.2) is 13.2 Å². The number of benzene rings is 1. The third-order valence-electron chi connectivity index (χ3n) is 3.82. The third kappa shape index (κ3) is 8.95. The lowest BCUT2D eigenvalue weighted by atomic mass is 10.1. The highest BCUT2D eigenvalue weighted by Crippen LogP contribution is 2.12. The molecule has 0 fully saturated rings. The number of ether oxygens (including phenoxy) is 1. The maximum atomic E-state index is 12.5. The lowest BCUT2D eigenvalue weighted by Gasteiger charge is -2.23. The molecule has 1 aromatic rings. The van der Waals surface area contributed by atoms with E-state index in [9.17, 15) is 22.8 Å². The number of nitrogens with two attached hydrogens (primary N) is 1. The van der Waals surface area contributed by atoms with Crippen LogP contribution in [-0.4, -0.2) is 43.7 Å². The molecule has 1 rings (SSSR count). The molecule has 162 valence electrons. The van der Waals surface area contributed by atoms with Crippen LogP contribution in [0, 0.1) is 0 Å². The molecule has 0 aliphatic carbocycles. The van der Waals surface area contributed by atoms with Crippen LogP contribution in [0.5, 0.6) is 0 Å². The summed E-state index contributed by atoms with van der Waals surface area (Å²) in [5.74, 6) is -1.11. The first-order valence-corrected chi connectivity index (χ1v) is 10.9. The summed E-state index contributed by atoms with van der Waals surface area (Å²) in [4.78, 5) is 35.7. The molecule has 0 bridgehead atoms. The second-order valence-corrected chi connectivity index (χ2v) is 9.75.